The summed E-state index contributed by atoms with van der Waals surface area (Å²) in [5.74, 6) is 1.11. The Balaban J connectivity index is 1.75. The molecular weight excluding hydrogens is 322 g/mol. The van der Waals surface area contributed by atoms with Crippen molar-refractivity contribution < 1.29 is 9.52 Å². The van der Waals surface area contributed by atoms with Crippen LogP contribution >= 0.6 is 15.9 Å². The predicted octanol–water partition coefficient (Wildman–Crippen LogP) is 2.46. The van der Waals surface area contributed by atoms with Gasteiger partial charge in [0.1, 0.15) is 0 Å². The lowest BCUT2D eigenvalue weighted by atomic mass is 10.2. The van der Waals surface area contributed by atoms with Crippen LogP contribution in [0.4, 0.5) is 0 Å². The van der Waals surface area contributed by atoms with Gasteiger partial charge in [-0.25, -0.2) is 0 Å². The lowest BCUT2D eigenvalue weighted by molar-refractivity contribution is 0.172. The first-order chi connectivity index (χ1) is 9.78. The molecule has 106 valence electrons. The largest absolute Gasteiger partial charge is 0.419 e. The molecule has 1 N–H and O–H groups in total. The van der Waals surface area contributed by atoms with Crippen molar-refractivity contribution >= 4 is 15.9 Å². The van der Waals surface area contributed by atoms with E-state index in [-0.39, 0.29) is 6.61 Å². The number of rotatable bonds is 6. The van der Waals surface area contributed by atoms with Gasteiger partial charge in [-0.2, -0.15) is 0 Å². The smallest absolute Gasteiger partial charge is 0.248 e. The van der Waals surface area contributed by atoms with E-state index in [1.807, 2.05) is 24.3 Å². The molecule has 0 radical (unpaired) electrons. The summed E-state index contributed by atoms with van der Waals surface area (Å²) in [4.78, 5) is 2.19. The number of aromatic nitrogens is 2. The maximum Gasteiger partial charge on any atom is 0.248 e. The third-order valence-electron chi connectivity index (χ3n) is 3.36. The summed E-state index contributed by atoms with van der Waals surface area (Å²) in [6.45, 7) is 1.40. The predicted molar refractivity (Wildman–Crippen MR) is 78.0 cm³/mol. The van der Waals surface area contributed by atoms with Gasteiger partial charge in [0.25, 0.3) is 0 Å². The molecule has 0 spiro atoms. The van der Waals surface area contributed by atoms with E-state index in [1.54, 1.807) is 0 Å². The van der Waals surface area contributed by atoms with E-state index in [0.29, 0.717) is 30.9 Å². The van der Waals surface area contributed by atoms with E-state index >= 15 is 0 Å². The summed E-state index contributed by atoms with van der Waals surface area (Å²) >= 11 is 3.48. The first-order valence-corrected chi connectivity index (χ1v) is 7.49. The Kier molecular flexibility index (Phi) is 4.14. The third kappa shape index (κ3) is 3.08. The molecule has 1 aromatic carbocycles. The molecule has 0 aliphatic heterocycles. The highest BCUT2D eigenvalue weighted by molar-refractivity contribution is 9.10. The fraction of sp³-hybridized carbons (Fsp3) is 0.429. The lowest BCUT2D eigenvalue weighted by Gasteiger charge is -2.17. The van der Waals surface area contributed by atoms with Gasteiger partial charge < -0.3 is 9.52 Å². The van der Waals surface area contributed by atoms with Crippen molar-refractivity contribution in [2.24, 2.45) is 0 Å². The minimum atomic E-state index is 0.154. The first-order valence-electron chi connectivity index (χ1n) is 6.70. The SMILES string of the molecule is OCCN(Cc1nnc(-c2ccccc2Br)o1)C1CC1. The first kappa shape index (κ1) is 13.7. The highest BCUT2D eigenvalue weighted by Gasteiger charge is 2.29. The molecule has 0 bridgehead atoms. The Bertz CT molecular complexity index is 583. The Morgan fingerprint density at radius 2 is 2.10 bits per heavy atom. The second kappa shape index (κ2) is 6.03. The van der Waals surface area contributed by atoms with Gasteiger partial charge in [-0.1, -0.05) is 12.1 Å². The summed E-state index contributed by atoms with van der Waals surface area (Å²) in [6.07, 6.45) is 2.37. The minimum absolute atomic E-state index is 0.154. The number of nitrogens with zero attached hydrogens (tertiary/aromatic N) is 3. The van der Waals surface area contributed by atoms with Crippen LogP contribution < -0.4 is 0 Å². The van der Waals surface area contributed by atoms with Gasteiger partial charge in [-0.05, 0) is 40.9 Å². The molecule has 0 atom stereocenters. The van der Waals surface area contributed by atoms with Gasteiger partial charge in [0, 0.05) is 17.1 Å². The molecule has 1 heterocycles. The van der Waals surface area contributed by atoms with E-state index in [4.69, 9.17) is 9.52 Å². The Hall–Kier alpha value is -1.24. The van der Waals surface area contributed by atoms with Crippen LogP contribution in [0, 0.1) is 0 Å². The van der Waals surface area contributed by atoms with E-state index < -0.39 is 0 Å². The van der Waals surface area contributed by atoms with Gasteiger partial charge in [-0.15, -0.1) is 10.2 Å². The van der Waals surface area contributed by atoms with Crippen LogP contribution in [-0.4, -0.2) is 39.4 Å². The van der Waals surface area contributed by atoms with Crippen molar-refractivity contribution in [3.8, 4) is 11.5 Å². The molecule has 3 rings (SSSR count). The minimum Gasteiger partial charge on any atom is -0.419 e. The molecule has 1 fully saturated rings. The molecule has 6 heteroatoms. The number of aliphatic hydroxyl groups is 1. The average molecular weight is 338 g/mol. The van der Waals surface area contributed by atoms with Crippen LogP contribution in [0.3, 0.4) is 0 Å². The quantitative estimate of drug-likeness (QED) is 0.877. The molecular formula is C14H16BrN3O2. The van der Waals surface area contributed by atoms with Crippen LogP contribution in [-0.2, 0) is 6.54 Å². The summed E-state index contributed by atoms with van der Waals surface area (Å²) < 4.78 is 6.66. The maximum atomic E-state index is 9.10. The van der Waals surface area contributed by atoms with Crippen molar-refractivity contribution in [2.75, 3.05) is 13.2 Å². The number of benzene rings is 1. The molecule has 1 saturated carbocycles. The van der Waals surface area contributed by atoms with Gasteiger partial charge in [0.15, 0.2) is 0 Å². The fourth-order valence-electron chi connectivity index (χ4n) is 2.19. The van der Waals surface area contributed by atoms with Crippen LogP contribution in [0.25, 0.3) is 11.5 Å². The topological polar surface area (TPSA) is 62.4 Å². The Morgan fingerprint density at radius 3 is 2.80 bits per heavy atom. The second-order valence-corrected chi connectivity index (χ2v) is 5.76. The van der Waals surface area contributed by atoms with E-state index in [0.717, 1.165) is 10.0 Å². The monoisotopic (exact) mass is 337 g/mol. The molecule has 20 heavy (non-hydrogen) atoms. The van der Waals surface area contributed by atoms with Gasteiger partial charge in [-0.3, -0.25) is 4.90 Å². The van der Waals surface area contributed by atoms with Crippen LogP contribution in [0.1, 0.15) is 18.7 Å². The van der Waals surface area contributed by atoms with Crippen molar-refractivity contribution in [1.82, 2.24) is 15.1 Å². The lowest BCUT2D eigenvalue weighted by Crippen LogP contribution is -2.28. The normalized spacial score (nSPS) is 14.9. The van der Waals surface area contributed by atoms with Gasteiger partial charge in [0.2, 0.25) is 11.8 Å². The van der Waals surface area contributed by atoms with Crippen molar-refractivity contribution in [3.63, 3.8) is 0 Å². The molecule has 0 saturated heterocycles. The molecule has 1 aromatic heterocycles. The zero-order chi connectivity index (χ0) is 13.9. The fourth-order valence-corrected chi connectivity index (χ4v) is 2.65. The van der Waals surface area contributed by atoms with E-state index in [2.05, 4.69) is 31.0 Å². The summed E-state index contributed by atoms with van der Waals surface area (Å²) in [5, 5.41) is 17.3. The number of halogens is 1. The summed E-state index contributed by atoms with van der Waals surface area (Å²) in [7, 11) is 0. The highest BCUT2D eigenvalue weighted by atomic mass is 79.9. The average Bonchev–Trinajstić information content (AvgIpc) is 3.20. The van der Waals surface area contributed by atoms with Gasteiger partial charge >= 0.3 is 0 Å². The van der Waals surface area contributed by atoms with E-state index in [1.165, 1.54) is 12.8 Å². The highest BCUT2D eigenvalue weighted by Crippen LogP contribution is 2.29. The second-order valence-electron chi connectivity index (χ2n) is 4.91. The van der Waals surface area contributed by atoms with Crippen molar-refractivity contribution in [1.29, 1.82) is 0 Å². The molecule has 2 aromatic rings. The molecule has 1 aliphatic rings. The standard InChI is InChI=1S/C14H16BrN3O2/c15-12-4-2-1-3-11(12)14-17-16-13(20-14)9-18(7-8-19)10-5-6-10/h1-4,10,19H,5-9H2. The van der Waals surface area contributed by atoms with E-state index in [9.17, 15) is 0 Å². The zero-order valence-electron chi connectivity index (χ0n) is 11.0. The third-order valence-corrected chi connectivity index (χ3v) is 4.05. The number of hydrogen-bond donors (Lipinski definition) is 1. The number of hydrogen-bond acceptors (Lipinski definition) is 5. The maximum absolute atomic E-state index is 9.10. The Morgan fingerprint density at radius 1 is 1.30 bits per heavy atom. The van der Waals surface area contributed by atoms with Crippen LogP contribution in [0.15, 0.2) is 33.2 Å². The molecule has 5 nitrogen and oxygen atoms in total. The van der Waals surface area contributed by atoms with Crippen LogP contribution in [0.2, 0.25) is 0 Å². The molecule has 1 aliphatic carbocycles. The van der Waals surface area contributed by atoms with Crippen molar-refractivity contribution in [2.45, 2.75) is 25.4 Å². The zero-order valence-corrected chi connectivity index (χ0v) is 12.6. The summed E-state index contributed by atoms with van der Waals surface area (Å²) in [5.41, 5.74) is 0.895. The summed E-state index contributed by atoms with van der Waals surface area (Å²) in [6, 6.07) is 8.32. The van der Waals surface area contributed by atoms with Gasteiger partial charge in [0.05, 0.1) is 18.7 Å². The Labute approximate surface area is 125 Å². The van der Waals surface area contributed by atoms with Crippen LogP contribution in [0.5, 0.6) is 0 Å². The molecule has 0 unspecified atom stereocenters. The van der Waals surface area contributed by atoms with Crippen molar-refractivity contribution in [3.05, 3.63) is 34.6 Å². The molecule has 0 amide bonds. The number of aliphatic hydroxyl groups excluding tert-OH is 1.